The molecule has 0 saturated heterocycles. The molecule has 6 nitrogen and oxygen atoms in total. The third-order valence-corrected chi connectivity index (χ3v) is 2.99. The Kier molecular flexibility index (Phi) is 5.57. The first kappa shape index (κ1) is 16.4. The van der Waals surface area contributed by atoms with Crippen molar-refractivity contribution in [3.8, 4) is 0 Å². The van der Waals surface area contributed by atoms with Gasteiger partial charge >= 0.3 is 0 Å². The lowest BCUT2D eigenvalue weighted by molar-refractivity contribution is -0.118. The Bertz CT molecular complexity index is 694. The van der Waals surface area contributed by atoms with Gasteiger partial charge in [-0.15, -0.1) is 0 Å². The van der Waals surface area contributed by atoms with Crippen LogP contribution in [0.2, 0.25) is 0 Å². The van der Waals surface area contributed by atoms with Crippen molar-refractivity contribution in [2.45, 2.75) is 13.8 Å². The Morgan fingerprint density at radius 3 is 2.48 bits per heavy atom. The Labute approximate surface area is 134 Å². The zero-order chi connectivity index (χ0) is 16.7. The number of hydrazone groups is 1. The summed E-state index contributed by atoms with van der Waals surface area (Å²) in [6.45, 7) is 3.63. The van der Waals surface area contributed by atoms with E-state index in [4.69, 9.17) is 0 Å². The van der Waals surface area contributed by atoms with E-state index in [2.05, 4.69) is 20.8 Å². The highest BCUT2D eigenvalue weighted by atomic mass is 16.2. The highest BCUT2D eigenvalue weighted by molar-refractivity contribution is 5.96. The van der Waals surface area contributed by atoms with E-state index in [1.807, 2.05) is 19.9 Å². The second-order valence-corrected chi connectivity index (χ2v) is 5.18. The standard InChI is InChI=1S/C17H18N4O2/c1-12(2)16(22)20-14-8-6-13(7-9-14)17(23)21-19-11-15-5-3-4-10-18-15/h3-12H,1-2H3,(H,20,22)(H,21,23). The lowest BCUT2D eigenvalue weighted by Gasteiger charge is -2.08. The fourth-order valence-electron chi connectivity index (χ4n) is 1.67. The zero-order valence-corrected chi connectivity index (χ0v) is 13.0. The van der Waals surface area contributed by atoms with Gasteiger partial charge < -0.3 is 5.32 Å². The van der Waals surface area contributed by atoms with E-state index in [9.17, 15) is 9.59 Å². The van der Waals surface area contributed by atoms with E-state index in [0.29, 0.717) is 16.9 Å². The second-order valence-electron chi connectivity index (χ2n) is 5.18. The van der Waals surface area contributed by atoms with Crippen molar-refractivity contribution >= 4 is 23.7 Å². The summed E-state index contributed by atoms with van der Waals surface area (Å²) in [5, 5.41) is 6.62. The van der Waals surface area contributed by atoms with Crippen LogP contribution in [0.15, 0.2) is 53.8 Å². The molecule has 0 spiro atoms. The van der Waals surface area contributed by atoms with Crippen LogP contribution >= 0.6 is 0 Å². The number of nitrogens with one attached hydrogen (secondary N) is 2. The van der Waals surface area contributed by atoms with Crippen LogP contribution < -0.4 is 10.7 Å². The molecule has 0 bridgehead atoms. The average Bonchev–Trinajstić information content (AvgIpc) is 2.56. The molecular formula is C17H18N4O2. The molecule has 1 heterocycles. The van der Waals surface area contributed by atoms with Crippen LogP contribution in [0.25, 0.3) is 0 Å². The number of aromatic nitrogens is 1. The average molecular weight is 310 g/mol. The lowest BCUT2D eigenvalue weighted by atomic mass is 10.1. The van der Waals surface area contributed by atoms with Crippen LogP contribution in [-0.4, -0.2) is 23.0 Å². The third-order valence-electron chi connectivity index (χ3n) is 2.99. The number of benzene rings is 1. The molecule has 23 heavy (non-hydrogen) atoms. The maximum Gasteiger partial charge on any atom is 0.271 e. The normalized spacial score (nSPS) is 10.7. The molecule has 0 aliphatic carbocycles. The van der Waals surface area contributed by atoms with E-state index in [-0.39, 0.29) is 17.7 Å². The summed E-state index contributed by atoms with van der Waals surface area (Å²) < 4.78 is 0. The molecule has 0 aliphatic heterocycles. The van der Waals surface area contributed by atoms with Crippen LogP contribution in [0.3, 0.4) is 0 Å². The SMILES string of the molecule is CC(C)C(=O)Nc1ccc(C(=O)NN=Cc2ccccn2)cc1. The Hall–Kier alpha value is -3.02. The van der Waals surface area contributed by atoms with Crippen molar-refractivity contribution in [1.82, 2.24) is 10.4 Å². The van der Waals surface area contributed by atoms with Gasteiger partial charge in [-0.05, 0) is 36.4 Å². The van der Waals surface area contributed by atoms with Gasteiger partial charge in [0, 0.05) is 23.4 Å². The minimum Gasteiger partial charge on any atom is -0.326 e. The van der Waals surface area contributed by atoms with E-state index in [1.165, 1.54) is 6.21 Å². The number of nitrogens with zero attached hydrogens (tertiary/aromatic N) is 2. The predicted molar refractivity (Wildman–Crippen MR) is 89.2 cm³/mol. The molecule has 0 radical (unpaired) electrons. The summed E-state index contributed by atoms with van der Waals surface area (Å²) in [5.74, 6) is -0.500. The number of hydrogen-bond donors (Lipinski definition) is 2. The molecule has 2 N–H and O–H groups in total. The molecule has 6 heteroatoms. The quantitative estimate of drug-likeness (QED) is 0.657. The fourth-order valence-corrected chi connectivity index (χ4v) is 1.67. The summed E-state index contributed by atoms with van der Waals surface area (Å²) in [4.78, 5) is 27.6. The van der Waals surface area contributed by atoms with Gasteiger partial charge in [-0.1, -0.05) is 19.9 Å². The topological polar surface area (TPSA) is 83.5 Å². The summed E-state index contributed by atoms with van der Waals surface area (Å²) >= 11 is 0. The Balaban J connectivity index is 1.92. The third kappa shape index (κ3) is 5.03. The molecule has 0 fully saturated rings. The van der Waals surface area contributed by atoms with Crippen LogP contribution in [0, 0.1) is 5.92 Å². The number of pyridine rings is 1. The molecular weight excluding hydrogens is 292 g/mol. The van der Waals surface area contributed by atoms with Gasteiger partial charge in [-0.2, -0.15) is 5.10 Å². The maximum absolute atomic E-state index is 11.9. The largest absolute Gasteiger partial charge is 0.326 e. The Morgan fingerprint density at radius 1 is 1.13 bits per heavy atom. The summed E-state index contributed by atoms with van der Waals surface area (Å²) in [7, 11) is 0. The molecule has 0 atom stereocenters. The van der Waals surface area contributed by atoms with Gasteiger partial charge in [-0.25, -0.2) is 5.43 Å². The molecule has 0 saturated carbocycles. The number of carbonyl (C=O) groups excluding carboxylic acids is 2. The van der Waals surface area contributed by atoms with Gasteiger partial charge in [0.15, 0.2) is 0 Å². The highest BCUT2D eigenvalue weighted by Crippen LogP contribution is 2.11. The number of rotatable bonds is 5. The molecule has 0 unspecified atom stereocenters. The van der Waals surface area contributed by atoms with E-state index >= 15 is 0 Å². The van der Waals surface area contributed by atoms with Crippen molar-refractivity contribution in [3.63, 3.8) is 0 Å². The van der Waals surface area contributed by atoms with Crippen LogP contribution in [0.5, 0.6) is 0 Å². The first-order valence-electron chi connectivity index (χ1n) is 7.21. The van der Waals surface area contributed by atoms with Gasteiger partial charge in [0.05, 0.1) is 11.9 Å². The highest BCUT2D eigenvalue weighted by Gasteiger charge is 2.08. The Morgan fingerprint density at radius 2 is 1.87 bits per heavy atom. The molecule has 118 valence electrons. The predicted octanol–water partition coefficient (Wildman–Crippen LogP) is 2.44. The summed E-state index contributed by atoms with van der Waals surface area (Å²) in [6.07, 6.45) is 3.11. The van der Waals surface area contributed by atoms with Gasteiger partial charge in [-0.3, -0.25) is 14.6 Å². The van der Waals surface area contributed by atoms with Gasteiger partial charge in [0.2, 0.25) is 5.91 Å². The molecule has 0 aliphatic rings. The van der Waals surface area contributed by atoms with E-state index in [0.717, 1.165) is 0 Å². The lowest BCUT2D eigenvalue weighted by Crippen LogP contribution is -2.19. The first-order chi connectivity index (χ1) is 11.1. The second kappa shape index (κ2) is 7.84. The minimum atomic E-state index is -0.334. The molecule has 1 aromatic heterocycles. The minimum absolute atomic E-state index is 0.0674. The van der Waals surface area contributed by atoms with Crippen molar-refractivity contribution in [1.29, 1.82) is 0 Å². The van der Waals surface area contributed by atoms with Gasteiger partial charge in [0.1, 0.15) is 0 Å². The van der Waals surface area contributed by atoms with Crippen molar-refractivity contribution in [2.75, 3.05) is 5.32 Å². The monoisotopic (exact) mass is 310 g/mol. The number of carbonyl (C=O) groups is 2. The van der Waals surface area contributed by atoms with Crippen molar-refractivity contribution in [3.05, 3.63) is 59.9 Å². The summed E-state index contributed by atoms with van der Waals surface area (Å²) in [6, 6.07) is 12.0. The summed E-state index contributed by atoms with van der Waals surface area (Å²) in [5.41, 5.74) is 4.18. The molecule has 2 rings (SSSR count). The molecule has 2 amide bonds. The number of hydrogen-bond acceptors (Lipinski definition) is 4. The van der Waals surface area contributed by atoms with Crippen LogP contribution in [0.1, 0.15) is 29.9 Å². The van der Waals surface area contributed by atoms with Gasteiger partial charge in [0.25, 0.3) is 5.91 Å². The van der Waals surface area contributed by atoms with Crippen LogP contribution in [-0.2, 0) is 4.79 Å². The van der Waals surface area contributed by atoms with Crippen LogP contribution in [0.4, 0.5) is 5.69 Å². The number of amides is 2. The van der Waals surface area contributed by atoms with Crippen molar-refractivity contribution < 1.29 is 9.59 Å². The first-order valence-corrected chi connectivity index (χ1v) is 7.21. The number of anilines is 1. The molecule has 2 aromatic rings. The zero-order valence-electron chi connectivity index (χ0n) is 13.0. The van der Waals surface area contributed by atoms with E-state index in [1.54, 1.807) is 42.6 Å². The van der Waals surface area contributed by atoms with Crippen molar-refractivity contribution in [2.24, 2.45) is 11.0 Å². The van der Waals surface area contributed by atoms with E-state index < -0.39 is 0 Å². The fraction of sp³-hybridized carbons (Fsp3) is 0.176. The molecule has 1 aromatic carbocycles. The maximum atomic E-state index is 11.9. The smallest absolute Gasteiger partial charge is 0.271 e.